The number of aryl methyl sites for hydroxylation is 3. The zero-order valence-electron chi connectivity index (χ0n) is 16.1. The molecule has 2 aromatic carbocycles. The van der Waals surface area contributed by atoms with Gasteiger partial charge < -0.3 is 5.32 Å². The third kappa shape index (κ3) is 3.70. The summed E-state index contributed by atoms with van der Waals surface area (Å²) < 4.78 is 1.53. The molecule has 5 nitrogen and oxygen atoms in total. The Morgan fingerprint density at radius 3 is 2.96 bits per heavy atom. The summed E-state index contributed by atoms with van der Waals surface area (Å²) in [5, 5.41) is 3.65. The van der Waals surface area contributed by atoms with E-state index in [9.17, 15) is 9.59 Å². The number of aromatic nitrogens is 2. The molecule has 1 N–H and O–H groups in total. The number of rotatable bonds is 5. The summed E-state index contributed by atoms with van der Waals surface area (Å²) in [6, 6.07) is 14.1. The van der Waals surface area contributed by atoms with Gasteiger partial charge in [0.2, 0.25) is 5.91 Å². The predicted molar refractivity (Wildman–Crippen MR) is 110 cm³/mol. The first kappa shape index (κ1) is 18.4. The topological polar surface area (TPSA) is 64.0 Å². The molecule has 1 amide bonds. The van der Waals surface area contributed by atoms with Crippen LogP contribution in [0.25, 0.3) is 10.9 Å². The largest absolute Gasteiger partial charge is 0.355 e. The molecule has 1 aliphatic rings. The first-order valence-electron chi connectivity index (χ1n) is 9.93. The van der Waals surface area contributed by atoms with E-state index >= 15 is 0 Å². The second-order valence-corrected chi connectivity index (χ2v) is 7.56. The van der Waals surface area contributed by atoms with Gasteiger partial charge in [-0.3, -0.25) is 14.2 Å². The second-order valence-electron chi connectivity index (χ2n) is 7.56. The maximum absolute atomic E-state index is 12.6. The predicted octanol–water partition coefficient (Wildman–Crippen LogP) is 3.33. The van der Waals surface area contributed by atoms with E-state index in [0.29, 0.717) is 24.4 Å². The molecule has 0 radical (unpaired) electrons. The van der Waals surface area contributed by atoms with Crippen LogP contribution in [0.3, 0.4) is 0 Å². The summed E-state index contributed by atoms with van der Waals surface area (Å²) in [5.41, 5.74) is 4.37. The van der Waals surface area contributed by atoms with E-state index in [4.69, 9.17) is 0 Å². The fraction of sp³-hybridized carbons (Fsp3) is 0.348. The van der Waals surface area contributed by atoms with Crippen LogP contribution in [0, 0.1) is 6.92 Å². The number of carbonyl (C=O) groups is 1. The highest BCUT2D eigenvalue weighted by Gasteiger charge is 2.20. The van der Waals surface area contributed by atoms with Crippen LogP contribution in [0.5, 0.6) is 0 Å². The Morgan fingerprint density at radius 2 is 2.07 bits per heavy atom. The molecule has 144 valence electrons. The normalized spacial score (nSPS) is 16.0. The molecule has 1 aliphatic carbocycles. The Morgan fingerprint density at radius 1 is 1.21 bits per heavy atom. The number of fused-ring (bicyclic) bond motifs is 2. The Kier molecular flexibility index (Phi) is 5.24. The van der Waals surface area contributed by atoms with Gasteiger partial charge in [-0.1, -0.05) is 36.4 Å². The lowest BCUT2D eigenvalue weighted by molar-refractivity contribution is -0.121. The average molecular weight is 375 g/mol. The zero-order chi connectivity index (χ0) is 19.5. The lowest BCUT2D eigenvalue weighted by Crippen LogP contribution is -2.31. The van der Waals surface area contributed by atoms with Crippen LogP contribution in [-0.2, 0) is 17.8 Å². The van der Waals surface area contributed by atoms with Crippen molar-refractivity contribution < 1.29 is 4.79 Å². The van der Waals surface area contributed by atoms with Crippen LogP contribution in [0.2, 0.25) is 0 Å². The molecule has 1 heterocycles. The smallest absolute Gasteiger partial charge is 0.261 e. The summed E-state index contributed by atoms with van der Waals surface area (Å²) in [5.74, 6) is 0.348. The van der Waals surface area contributed by atoms with Crippen molar-refractivity contribution in [3.8, 4) is 0 Å². The van der Waals surface area contributed by atoms with Crippen LogP contribution in [0.1, 0.15) is 41.9 Å². The highest BCUT2D eigenvalue weighted by Crippen LogP contribution is 2.30. The fourth-order valence-electron chi connectivity index (χ4n) is 4.11. The molecule has 1 atom stereocenters. The molecule has 3 aromatic rings. The number of benzene rings is 2. The first-order chi connectivity index (χ1) is 13.6. The van der Waals surface area contributed by atoms with Crippen LogP contribution < -0.4 is 10.9 Å². The second kappa shape index (κ2) is 7.97. The molecule has 0 unspecified atom stereocenters. The number of amides is 1. The number of hydrogen-bond acceptors (Lipinski definition) is 3. The van der Waals surface area contributed by atoms with Gasteiger partial charge in [0.1, 0.15) is 0 Å². The minimum atomic E-state index is -0.0947. The summed E-state index contributed by atoms with van der Waals surface area (Å²) in [6.07, 6.45) is 5.20. The summed E-state index contributed by atoms with van der Waals surface area (Å²) in [7, 11) is 0. The lowest BCUT2D eigenvalue weighted by Gasteiger charge is -2.25. The van der Waals surface area contributed by atoms with Gasteiger partial charge in [-0.05, 0) is 48.9 Å². The van der Waals surface area contributed by atoms with Gasteiger partial charge in [-0.2, -0.15) is 0 Å². The fourth-order valence-corrected chi connectivity index (χ4v) is 4.11. The Hall–Kier alpha value is -2.95. The standard InChI is InChI=1S/C23H25N3O2/c1-16-6-4-11-20-22(16)25-15-26(23(20)28)13-12-21(27)24-14-18-9-5-8-17-7-2-3-10-19(17)18/h2-4,6-7,10-11,15,18H,5,8-9,12-14H2,1H3,(H,24,27)/t18-/m0/s1. The molecule has 28 heavy (non-hydrogen) atoms. The van der Waals surface area contributed by atoms with Crippen molar-refractivity contribution in [1.29, 1.82) is 0 Å². The molecule has 4 rings (SSSR count). The zero-order valence-corrected chi connectivity index (χ0v) is 16.1. The highest BCUT2D eigenvalue weighted by molar-refractivity contribution is 5.80. The molecule has 0 fully saturated rings. The third-order valence-electron chi connectivity index (χ3n) is 5.67. The van der Waals surface area contributed by atoms with Crippen LogP contribution in [-0.4, -0.2) is 22.0 Å². The quantitative estimate of drug-likeness (QED) is 0.744. The summed E-state index contributed by atoms with van der Waals surface area (Å²) >= 11 is 0. The van der Waals surface area contributed by atoms with Gasteiger partial charge in [0.05, 0.1) is 17.2 Å². The average Bonchev–Trinajstić information content (AvgIpc) is 2.72. The minimum absolute atomic E-state index is 0.0284. The van der Waals surface area contributed by atoms with E-state index in [1.807, 2.05) is 19.1 Å². The lowest BCUT2D eigenvalue weighted by atomic mass is 9.83. The molecule has 0 bridgehead atoms. The number of nitrogens with one attached hydrogen (secondary N) is 1. The van der Waals surface area contributed by atoms with E-state index < -0.39 is 0 Å². The SMILES string of the molecule is Cc1cccc2c(=O)n(CCC(=O)NC[C@@H]3CCCc4ccccc43)cnc12. The van der Waals surface area contributed by atoms with Crippen LogP contribution >= 0.6 is 0 Å². The molecule has 0 spiro atoms. The van der Waals surface area contributed by atoms with Crippen molar-refractivity contribution in [1.82, 2.24) is 14.9 Å². The van der Waals surface area contributed by atoms with Gasteiger partial charge in [0, 0.05) is 25.4 Å². The van der Waals surface area contributed by atoms with Gasteiger partial charge in [-0.15, -0.1) is 0 Å². The van der Waals surface area contributed by atoms with Crippen molar-refractivity contribution in [3.63, 3.8) is 0 Å². The van der Waals surface area contributed by atoms with E-state index in [2.05, 4.69) is 34.6 Å². The molecular formula is C23H25N3O2. The highest BCUT2D eigenvalue weighted by atomic mass is 16.1. The number of hydrogen-bond donors (Lipinski definition) is 1. The number of para-hydroxylation sites is 1. The van der Waals surface area contributed by atoms with E-state index in [1.165, 1.54) is 15.7 Å². The van der Waals surface area contributed by atoms with Crippen molar-refractivity contribution in [3.05, 3.63) is 75.8 Å². The van der Waals surface area contributed by atoms with Crippen molar-refractivity contribution in [2.24, 2.45) is 0 Å². The van der Waals surface area contributed by atoms with Crippen LogP contribution in [0.15, 0.2) is 53.6 Å². The molecular weight excluding hydrogens is 350 g/mol. The maximum Gasteiger partial charge on any atom is 0.261 e. The van der Waals surface area contributed by atoms with E-state index in [-0.39, 0.29) is 17.9 Å². The van der Waals surface area contributed by atoms with Gasteiger partial charge in [-0.25, -0.2) is 4.98 Å². The maximum atomic E-state index is 12.6. The molecule has 1 aromatic heterocycles. The summed E-state index contributed by atoms with van der Waals surface area (Å²) in [6.45, 7) is 2.93. The molecule has 0 saturated carbocycles. The Labute approximate surface area is 164 Å². The Balaban J connectivity index is 1.37. The summed E-state index contributed by atoms with van der Waals surface area (Å²) in [4.78, 5) is 29.4. The monoisotopic (exact) mass is 375 g/mol. The van der Waals surface area contributed by atoms with Crippen molar-refractivity contribution in [2.75, 3.05) is 6.54 Å². The Bertz CT molecular complexity index is 1070. The first-order valence-corrected chi connectivity index (χ1v) is 9.93. The van der Waals surface area contributed by atoms with Crippen molar-refractivity contribution in [2.45, 2.75) is 45.1 Å². The number of nitrogens with zero attached hydrogens (tertiary/aromatic N) is 2. The van der Waals surface area contributed by atoms with E-state index in [1.54, 1.807) is 12.4 Å². The van der Waals surface area contributed by atoms with Gasteiger partial charge >= 0.3 is 0 Å². The van der Waals surface area contributed by atoms with E-state index in [0.717, 1.165) is 30.3 Å². The van der Waals surface area contributed by atoms with Gasteiger partial charge in [0.25, 0.3) is 5.56 Å². The molecule has 0 saturated heterocycles. The van der Waals surface area contributed by atoms with Crippen molar-refractivity contribution >= 4 is 16.8 Å². The molecule has 5 heteroatoms. The van der Waals surface area contributed by atoms with Gasteiger partial charge in [0.15, 0.2) is 0 Å². The minimum Gasteiger partial charge on any atom is -0.355 e. The number of carbonyl (C=O) groups excluding carboxylic acids is 1. The van der Waals surface area contributed by atoms with Crippen LogP contribution in [0.4, 0.5) is 0 Å². The molecule has 0 aliphatic heterocycles. The third-order valence-corrected chi connectivity index (χ3v) is 5.67.